The lowest BCUT2D eigenvalue weighted by atomic mass is 10.1. The van der Waals surface area contributed by atoms with E-state index < -0.39 is 42.2 Å². The molecule has 0 saturated heterocycles. The Morgan fingerprint density at radius 2 is 2.05 bits per heavy atom. The molecule has 106 valence electrons. The highest BCUT2D eigenvalue weighted by Crippen LogP contribution is 2.35. The smallest absolute Gasteiger partial charge is 0.481 e. The van der Waals surface area contributed by atoms with Gasteiger partial charge < -0.3 is 9.84 Å². The summed E-state index contributed by atoms with van der Waals surface area (Å²) >= 11 is 0. The molecule has 0 unspecified atom stereocenters. The lowest BCUT2D eigenvalue weighted by Gasteiger charge is -2.15. The molecule has 0 radical (unpaired) electrons. The van der Waals surface area contributed by atoms with Gasteiger partial charge in [0.25, 0.3) is 6.43 Å². The van der Waals surface area contributed by atoms with Crippen molar-refractivity contribution >= 4 is 5.97 Å². The van der Waals surface area contributed by atoms with Crippen LogP contribution < -0.4 is 4.74 Å². The summed E-state index contributed by atoms with van der Waals surface area (Å²) in [4.78, 5) is 13.9. The van der Waals surface area contributed by atoms with Gasteiger partial charge in [0.2, 0.25) is 0 Å². The second kappa shape index (κ2) is 5.37. The first-order chi connectivity index (χ1) is 8.60. The fourth-order valence-corrected chi connectivity index (χ4v) is 1.41. The van der Waals surface area contributed by atoms with Gasteiger partial charge in [-0.3, -0.25) is 9.78 Å². The number of alkyl halides is 5. The molecule has 0 spiro atoms. The lowest BCUT2D eigenvalue weighted by Crippen LogP contribution is -2.20. The van der Waals surface area contributed by atoms with Crippen LogP contribution in [-0.2, 0) is 11.2 Å². The molecule has 0 bridgehead atoms. The van der Waals surface area contributed by atoms with E-state index in [0.717, 1.165) is 6.92 Å². The van der Waals surface area contributed by atoms with Crippen LogP contribution in [0.4, 0.5) is 22.0 Å². The highest BCUT2D eigenvalue weighted by molar-refractivity contribution is 5.69. The van der Waals surface area contributed by atoms with E-state index in [2.05, 4.69) is 9.72 Å². The van der Waals surface area contributed by atoms with Gasteiger partial charge in [-0.1, -0.05) is 0 Å². The average molecular weight is 285 g/mol. The normalized spacial score (nSPS) is 11.7. The van der Waals surface area contributed by atoms with Crippen LogP contribution in [-0.4, -0.2) is 22.4 Å². The van der Waals surface area contributed by atoms with Gasteiger partial charge in [0, 0.05) is 0 Å². The average Bonchev–Trinajstić information content (AvgIpc) is 2.18. The Morgan fingerprint density at radius 1 is 1.47 bits per heavy atom. The minimum Gasteiger partial charge on any atom is -0.481 e. The number of aliphatic carboxylic acids is 1. The number of hydrogen-bond donors (Lipinski definition) is 1. The largest absolute Gasteiger partial charge is 0.573 e. The molecule has 1 rings (SSSR count). The van der Waals surface area contributed by atoms with E-state index in [1.165, 1.54) is 0 Å². The Balaban J connectivity index is 3.27. The van der Waals surface area contributed by atoms with Crippen LogP contribution in [0.15, 0.2) is 6.07 Å². The van der Waals surface area contributed by atoms with Crippen molar-refractivity contribution in [2.75, 3.05) is 0 Å². The molecule has 9 heteroatoms. The summed E-state index contributed by atoms with van der Waals surface area (Å²) in [5.41, 5.74) is -1.76. The van der Waals surface area contributed by atoms with E-state index in [0.29, 0.717) is 6.07 Å². The zero-order valence-electron chi connectivity index (χ0n) is 9.46. The maximum Gasteiger partial charge on any atom is 0.573 e. The predicted octanol–water partition coefficient (Wildman–Crippen LogP) is 2.85. The number of halogens is 5. The van der Waals surface area contributed by atoms with E-state index in [9.17, 15) is 26.7 Å². The summed E-state index contributed by atoms with van der Waals surface area (Å²) < 4.78 is 65.1. The van der Waals surface area contributed by atoms with Crippen molar-refractivity contribution in [3.8, 4) is 5.75 Å². The van der Waals surface area contributed by atoms with Gasteiger partial charge in [-0.25, -0.2) is 8.78 Å². The second-order valence-electron chi connectivity index (χ2n) is 3.54. The monoisotopic (exact) mass is 285 g/mol. The molecule has 0 aliphatic carbocycles. The SMILES string of the molecule is Cc1nc(CC(=O)O)cc(C(F)F)c1OC(F)(F)F. The second-order valence-corrected chi connectivity index (χ2v) is 3.54. The van der Waals surface area contributed by atoms with Gasteiger partial charge in [0.05, 0.1) is 23.4 Å². The molecule has 0 aliphatic heterocycles. The highest BCUT2D eigenvalue weighted by atomic mass is 19.4. The summed E-state index contributed by atoms with van der Waals surface area (Å²) in [5.74, 6) is -2.44. The number of ether oxygens (including phenoxy) is 1. The van der Waals surface area contributed by atoms with Crippen LogP contribution in [0.25, 0.3) is 0 Å². The Bertz CT molecular complexity index is 487. The standard InChI is InChI=1S/C10H8F5NO3/c1-4-8(19-10(13,14)15)6(9(11)12)2-5(16-4)3-7(17)18/h2,9H,3H2,1H3,(H,17,18). The van der Waals surface area contributed by atoms with E-state index >= 15 is 0 Å². The summed E-state index contributed by atoms with van der Waals surface area (Å²) in [5, 5.41) is 8.50. The van der Waals surface area contributed by atoms with Crippen molar-refractivity contribution in [1.82, 2.24) is 4.98 Å². The van der Waals surface area contributed by atoms with Crippen LogP contribution in [0.5, 0.6) is 5.75 Å². The third-order valence-electron chi connectivity index (χ3n) is 2.01. The first-order valence-electron chi connectivity index (χ1n) is 4.86. The van der Waals surface area contributed by atoms with Gasteiger partial charge in [-0.2, -0.15) is 0 Å². The zero-order chi connectivity index (χ0) is 14.8. The van der Waals surface area contributed by atoms with Crippen molar-refractivity contribution in [3.05, 3.63) is 23.0 Å². The van der Waals surface area contributed by atoms with E-state index in [1.807, 2.05) is 0 Å². The molecule has 0 atom stereocenters. The molecule has 0 aromatic carbocycles. The topological polar surface area (TPSA) is 59.4 Å². The Labute approximate surface area is 103 Å². The first-order valence-corrected chi connectivity index (χ1v) is 4.86. The van der Waals surface area contributed by atoms with Gasteiger partial charge in [0.15, 0.2) is 5.75 Å². The molecule has 4 nitrogen and oxygen atoms in total. The minimum absolute atomic E-state index is 0.269. The fraction of sp³-hybridized carbons (Fsp3) is 0.400. The third kappa shape index (κ3) is 4.34. The van der Waals surface area contributed by atoms with E-state index in [-0.39, 0.29) is 5.69 Å². The molecule has 1 aromatic rings. The Kier molecular flexibility index (Phi) is 4.28. The predicted molar refractivity (Wildman–Crippen MR) is 52.0 cm³/mol. The number of hydrogen-bond acceptors (Lipinski definition) is 3. The van der Waals surface area contributed by atoms with E-state index in [1.54, 1.807) is 0 Å². The van der Waals surface area contributed by atoms with Crippen LogP contribution in [0, 0.1) is 6.92 Å². The maximum absolute atomic E-state index is 12.7. The lowest BCUT2D eigenvalue weighted by molar-refractivity contribution is -0.275. The van der Waals surface area contributed by atoms with Crippen LogP contribution in [0.2, 0.25) is 0 Å². The van der Waals surface area contributed by atoms with Crippen molar-refractivity contribution in [2.24, 2.45) is 0 Å². The van der Waals surface area contributed by atoms with Crippen LogP contribution >= 0.6 is 0 Å². The van der Waals surface area contributed by atoms with Crippen molar-refractivity contribution in [2.45, 2.75) is 26.1 Å². The molecule has 0 aliphatic rings. The van der Waals surface area contributed by atoms with E-state index in [4.69, 9.17) is 5.11 Å². The number of carbonyl (C=O) groups is 1. The highest BCUT2D eigenvalue weighted by Gasteiger charge is 2.34. The quantitative estimate of drug-likeness (QED) is 0.864. The van der Waals surface area contributed by atoms with Gasteiger partial charge in [-0.05, 0) is 13.0 Å². The number of carboxylic acid groups (broad SMARTS) is 1. The summed E-state index contributed by atoms with van der Waals surface area (Å²) in [6, 6.07) is 0.590. The fourth-order valence-electron chi connectivity index (χ4n) is 1.41. The van der Waals surface area contributed by atoms with Crippen molar-refractivity contribution < 1.29 is 36.6 Å². The van der Waals surface area contributed by atoms with Crippen molar-refractivity contribution in [1.29, 1.82) is 0 Å². The number of aryl methyl sites for hydroxylation is 1. The minimum atomic E-state index is -5.13. The van der Waals surface area contributed by atoms with Crippen molar-refractivity contribution in [3.63, 3.8) is 0 Å². The summed E-state index contributed by atoms with van der Waals surface area (Å²) in [6.07, 6.45) is -9.05. The Morgan fingerprint density at radius 3 is 2.47 bits per heavy atom. The third-order valence-corrected chi connectivity index (χ3v) is 2.01. The molecule has 0 amide bonds. The van der Waals surface area contributed by atoms with Gasteiger partial charge in [0.1, 0.15) is 0 Å². The number of pyridine rings is 1. The number of rotatable bonds is 4. The number of carboxylic acids is 1. The summed E-state index contributed by atoms with van der Waals surface area (Å²) in [7, 11) is 0. The summed E-state index contributed by atoms with van der Waals surface area (Å²) in [6.45, 7) is 1.03. The molecule has 1 aromatic heterocycles. The molecule has 19 heavy (non-hydrogen) atoms. The molecule has 0 saturated carbocycles. The van der Waals surface area contributed by atoms with Gasteiger partial charge >= 0.3 is 12.3 Å². The molecule has 0 fully saturated rings. The Hall–Kier alpha value is -1.93. The molecule has 1 heterocycles. The van der Waals surface area contributed by atoms with Crippen LogP contribution in [0.1, 0.15) is 23.4 Å². The number of nitrogens with zero attached hydrogens (tertiary/aromatic N) is 1. The number of aromatic nitrogens is 1. The maximum atomic E-state index is 12.7. The van der Waals surface area contributed by atoms with Gasteiger partial charge in [-0.15, -0.1) is 13.2 Å². The molecular weight excluding hydrogens is 277 g/mol. The zero-order valence-corrected chi connectivity index (χ0v) is 9.46. The van der Waals surface area contributed by atoms with Crippen LogP contribution in [0.3, 0.4) is 0 Å². The molecular formula is C10H8F5NO3. The molecule has 1 N–H and O–H groups in total. The first kappa shape index (κ1) is 15.1.